The van der Waals surface area contributed by atoms with E-state index in [-0.39, 0.29) is 28.4 Å². The number of benzene rings is 2. The maximum atomic E-state index is 12.2. The summed E-state index contributed by atoms with van der Waals surface area (Å²) in [4.78, 5) is 23.1. The fourth-order valence-electron chi connectivity index (χ4n) is 2.00. The number of carbonyl (C=O) groups excluding carboxylic acids is 1. The Morgan fingerprint density at radius 1 is 1.00 bits per heavy atom. The molecule has 0 saturated heterocycles. The molecule has 2 rings (SSSR count). The smallest absolute Gasteiger partial charge is 0.343 e. The molecule has 2 aromatic rings. The average molecular weight is 334 g/mol. The van der Waals surface area contributed by atoms with Gasteiger partial charge in [-0.1, -0.05) is 0 Å². The maximum Gasteiger partial charge on any atom is 0.343 e. The lowest BCUT2D eigenvalue weighted by atomic mass is 10.1. The molecule has 0 spiro atoms. The van der Waals surface area contributed by atoms with Crippen molar-refractivity contribution in [3.63, 3.8) is 0 Å². The van der Waals surface area contributed by atoms with Crippen LogP contribution in [0.5, 0.6) is 28.7 Å². The summed E-state index contributed by atoms with van der Waals surface area (Å²) in [5.74, 6) is -3.45. The van der Waals surface area contributed by atoms with Gasteiger partial charge in [-0.2, -0.15) is 0 Å². The van der Waals surface area contributed by atoms with Gasteiger partial charge in [0, 0.05) is 17.7 Å². The molecule has 0 aromatic heterocycles. The molecule has 0 aliphatic carbocycles. The molecule has 0 aliphatic rings. The molecule has 0 aliphatic heterocycles. The highest BCUT2D eigenvalue weighted by Gasteiger charge is 2.19. The molecule has 0 heterocycles. The van der Waals surface area contributed by atoms with Crippen molar-refractivity contribution in [3.8, 4) is 28.7 Å². The Morgan fingerprint density at radius 2 is 1.71 bits per heavy atom. The number of carboxylic acid groups (broad SMARTS) is 1. The van der Waals surface area contributed by atoms with Crippen molar-refractivity contribution < 1.29 is 39.5 Å². The first-order valence-corrected chi connectivity index (χ1v) is 6.67. The van der Waals surface area contributed by atoms with Crippen LogP contribution >= 0.6 is 0 Å². The summed E-state index contributed by atoms with van der Waals surface area (Å²) in [5, 5.41) is 37.6. The van der Waals surface area contributed by atoms with E-state index in [0.717, 1.165) is 12.1 Å². The van der Waals surface area contributed by atoms with Crippen molar-refractivity contribution >= 4 is 11.9 Å². The van der Waals surface area contributed by atoms with Gasteiger partial charge >= 0.3 is 11.9 Å². The summed E-state index contributed by atoms with van der Waals surface area (Å²) in [6, 6.07) is 5.71. The number of carbonyl (C=O) groups is 2. The third-order valence-electron chi connectivity index (χ3n) is 3.12. The minimum Gasteiger partial charge on any atom is -0.508 e. The standard InChI is InChI=1S/C16H14O8/c1-23-14-4-8(2-3-11(14)18)16(22)24-13-6-9(17)5-12(19)10(13)7-15(20)21/h2-6,17-19H,7H2,1H3,(H,20,21). The van der Waals surface area contributed by atoms with Gasteiger partial charge in [0.25, 0.3) is 0 Å². The molecule has 0 bridgehead atoms. The lowest BCUT2D eigenvalue weighted by Crippen LogP contribution is -2.11. The third-order valence-corrected chi connectivity index (χ3v) is 3.12. The predicted molar refractivity (Wildman–Crippen MR) is 80.7 cm³/mol. The van der Waals surface area contributed by atoms with Gasteiger partial charge in [0.2, 0.25) is 0 Å². The predicted octanol–water partition coefficient (Wildman–Crippen LogP) is 1.66. The van der Waals surface area contributed by atoms with E-state index >= 15 is 0 Å². The van der Waals surface area contributed by atoms with E-state index in [9.17, 15) is 24.9 Å². The Labute approximate surface area is 136 Å². The number of phenols is 3. The van der Waals surface area contributed by atoms with E-state index in [1.165, 1.54) is 25.3 Å². The molecule has 2 aromatic carbocycles. The molecule has 0 radical (unpaired) electrons. The molecule has 4 N–H and O–H groups in total. The highest BCUT2D eigenvalue weighted by Crippen LogP contribution is 2.34. The van der Waals surface area contributed by atoms with E-state index in [2.05, 4.69) is 0 Å². The Bertz CT molecular complexity index is 797. The number of ether oxygens (including phenoxy) is 2. The quantitative estimate of drug-likeness (QED) is 0.479. The zero-order valence-corrected chi connectivity index (χ0v) is 12.5. The Kier molecular flexibility index (Phi) is 4.78. The van der Waals surface area contributed by atoms with Gasteiger partial charge in [0.1, 0.15) is 17.2 Å². The van der Waals surface area contributed by atoms with Crippen LogP contribution in [0.3, 0.4) is 0 Å². The lowest BCUT2D eigenvalue weighted by Gasteiger charge is -2.12. The van der Waals surface area contributed by atoms with Crippen LogP contribution < -0.4 is 9.47 Å². The molecule has 0 fully saturated rings. The van der Waals surface area contributed by atoms with Crippen LogP contribution in [0.1, 0.15) is 15.9 Å². The summed E-state index contributed by atoms with van der Waals surface area (Å²) >= 11 is 0. The molecule has 24 heavy (non-hydrogen) atoms. The largest absolute Gasteiger partial charge is 0.508 e. The topological polar surface area (TPSA) is 134 Å². The third kappa shape index (κ3) is 3.67. The van der Waals surface area contributed by atoms with Gasteiger partial charge in [0.05, 0.1) is 19.1 Å². The molecule has 8 heteroatoms. The molecular weight excluding hydrogens is 320 g/mol. The maximum absolute atomic E-state index is 12.2. The summed E-state index contributed by atoms with van der Waals surface area (Å²) in [6.45, 7) is 0. The van der Waals surface area contributed by atoms with Crippen molar-refractivity contribution in [2.75, 3.05) is 7.11 Å². The molecule has 0 saturated carbocycles. The number of phenolic OH excluding ortho intramolecular Hbond substituents is 3. The normalized spacial score (nSPS) is 10.2. The van der Waals surface area contributed by atoms with E-state index in [1.807, 2.05) is 0 Å². The second-order valence-electron chi connectivity index (χ2n) is 4.79. The second kappa shape index (κ2) is 6.78. The minimum atomic E-state index is -1.25. The minimum absolute atomic E-state index is 0.0220. The summed E-state index contributed by atoms with van der Waals surface area (Å²) < 4.78 is 9.96. The molecule has 0 atom stereocenters. The van der Waals surface area contributed by atoms with Gasteiger partial charge in [-0.05, 0) is 18.2 Å². The van der Waals surface area contributed by atoms with Crippen molar-refractivity contribution in [1.29, 1.82) is 0 Å². The summed E-state index contributed by atoms with van der Waals surface area (Å²) in [7, 11) is 1.31. The van der Waals surface area contributed by atoms with Crippen LogP contribution in [0.15, 0.2) is 30.3 Å². The highest BCUT2D eigenvalue weighted by atomic mass is 16.5. The first kappa shape index (κ1) is 16.9. The number of hydrogen-bond donors (Lipinski definition) is 4. The van der Waals surface area contributed by atoms with E-state index < -0.39 is 29.9 Å². The zero-order valence-electron chi connectivity index (χ0n) is 12.5. The number of esters is 1. The van der Waals surface area contributed by atoms with Crippen LogP contribution in [-0.2, 0) is 11.2 Å². The van der Waals surface area contributed by atoms with Crippen molar-refractivity contribution in [2.24, 2.45) is 0 Å². The number of methoxy groups -OCH3 is 1. The fraction of sp³-hybridized carbons (Fsp3) is 0.125. The van der Waals surface area contributed by atoms with Crippen molar-refractivity contribution in [2.45, 2.75) is 6.42 Å². The highest BCUT2D eigenvalue weighted by molar-refractivity contribution is 5.92. The van der Waals surface area contributed by atoms with Gasteiger partial charge < -0.3 is 29.9 Å². The van der Waals surface area contributed by atoms with Gasteiger partial charge in [-0.25, -0.2) is 4.79 Å². The van der Waals surface area contributed by atoms with Gasteiger partial charge in [-0.3, -0.25) is 4.79 Å². The molecule has 8 nitrogen and oxygen atoms in total. The number of rotatable bonds is 5. The Morgan fingerprint density at radius 3 is 2.33 bits per heavy atom. The summed E-state index contributed by atoms with van der Waals surface area (Å²) in [5.41, 5.74) is -0.131. The van der Waals surface area contributed by atoms with Gasteiger partial charge in [-0.15, -0.1) is 0 Å². The average Bonchev–Trinajstić information content (AvgIpc) is 2.50. The first-order valence-electron chi connectivity index (χ1n) is 6.67. The number of carboxylic acids is 1. The van der Waals surface area contributed by atoms with Crippen LogP contribution in [0.2, 0.25) is 0 Å². The van der Waals surface area contributed by atoms with E-state index in [1.54, 1.807) is 0 Å². The molecule has 0 amide bonds. The Balaban J connectivity index is 2.36. The lowest BCUT2D eigenvalue weighted by molar-refractivity contribution is -0.136. The SMILES string of the molecule is COc1cc(C(=O)Oc2cc(O)cc(O)c2CC(=O)O)ccc1O. The van der Waals surface area contributed by atoms with E-state index in [0.29, 0.717) is 0 Å². The first-order chi connectivity index (χ1) is 11.3. The van der Waals surface area contributed by atoms with Crippen molar-refractivity contribution in [1.82, 2.24) is 0 Å². The number of hydrogen-bond acceptors (Lipinski definition) is 7. The number of aromatic hydroxyl groups is 3. The summed E-state index contributed by atoms with van der Waals surface area (Å²) in [6.07, 6.45) is -0.604. The molecule has 126 valence electrons. The van der Waals surface area contributed by atoms with Crippen LogP contribution in [-0.4, -0.2) is 39.5 Å². The van der Waals surface area contributed by atoms with Gasteiger partial charge in [0.15, 0.2) is 11.5 Å². The van der Waals surface area contributed by atoms with Crippen molar-refractivity contribution in [3.05, 3.63) is 41.5 Å². The Hall–Kier alpha value is -3.42. The monoisotopic (exact) mass is 334 g/mol. The fourth-order valence-corrected chi connectivity index (χ4v) is 2.00. The molecule has 0 unspecified atom stereocenters. The van der Waals surface area contributed by atoms with Crippen LogP contribution in [0, 0.1) is 0 Å². The second-order valence-corrected chi connectivity index (χ2v) is 4.79. The number of aliphatic carboxylic acids is 1. The van der Waals surface area contributed by atoms with E-state index in [4.69, 9.17) is 14.6 Å². The molecular formula is C16H14O8. The zero-order chi connectivity index (χ0) is 17.9. The van der Waals surface area contributed by atoms with Crippen LogP contribution in [0.4, 0.5) is 0 Å². The van der Waals surface area contributed by atoms with Crippen LogP contribution in [0.25, 0.3) is 0 Å².